The highest BCUT2D eigenvalue weighted by molar-refractivity contribution is 6.01. The lowest BCUT2D eigenvalue weighted by atomic mass is 10.0. The first-order valence-electron chi connectivity index (χ1n) is 17.0. The molecule has 1 fully saturated rings. The van der Waals surface area contributed by atoms with Crippen LogP contribution in [-0.4, -0.2) is 87.0 Å². The van der Waals surface area contributed by atoms with Crippen molar-refractivity contribution in [3.63, 3.8) is 0 Å². The van der Waals surface area contributed by atoms with Crippen LogP contribution in [0.2, 0.25) is 0 Å². The quantitative estimate of drug-likeness (QED) is 0.202. The number of fused-ring (bicyclic) bond motifs is 1. The molecule has 0 amide bonds. The summed E-state index contributed by atoms with van der Waals surface area (Å²) in [5.41, 5.74) is 7.41. The molecule has 3 heterocycles. The number of nitrogen functional groups attached to an aromatic ring is 1. The number of rotatable bonds is 12. The number of nitrogens with two attached hydrogens (primary N) is 1. The molecule has 2 aliphatic rings. The second-order valence-electron chi connectivity index (χ2n) is 12.2. The van der Waals surface area contributed by atoms with Crippen LogP contribution in [0.5, 0.6) is 5.75 Å². The Balaban J connectivity index is 0.00000245. The van der Waals surface area contributed by atoms with Gasteiger partial charge in [0.2, 0.25) is 5.43 Å². The third kappa shape index (κ3) is 8.94. The fraction of sp³-hybridized carbons (Fsp3) is 0.486. The number of nitrogens with zero attached hydrogens (tertiary/aromatic N) is 3. The number of benzene rings is 2. The van der Waals surface area contributed by atoms with E-state index in [0.717, 1.165) is 69.1 Å². The summed E-state index contributed by atoms with van der Waals surface area (Å²) in [6.07, 6.45) is 8.23. The summed E-state index contributed by atoms with van der Waals surface area (Å²) < 4.78 is 30.2. The normalized spacial score (nSPS) is 17.6. The molecule has 0 aliphatic carbocycles. The minimum Gasteiger partial charge on any atom is -0.482 e. The molecule has 0 spiro atoms. The summed E-state index contributed by atoms with van der Waals surface area (Å²) in [6, 6.07) is 8.07. The highest BCUT2D eigenvalue weighted by atomic mass is 19.1. The third-order valence-corrected chi connectivity index (χ3v) is 8.42. The van der Waals surface area contributed by atoms with Crippen LogP contribution in [0.15, 0.2) is 41.8 Å². The zero-order chi connectivity index (χ0) is 33.9. The fourth-order valence-corrected chi connectivity index (χ4v) is 6.00. The van der Waals surface area contributed by atoms with E-state index in [0.29, 0.717) is 36.4 Å². The van der Waals surface area contributed by atoms with Gasteiger partial charge in [0, 0.05) is 44.6 Å². The Hall–Kier alpha value is -3.86. The molecule has 1 aromatic heterocycles. The van der Waals surface area contributed by atoms with E-state index in [1.165, 1.54) is 0 Å². The molecule has 2 aromatic carbocycles. The van der Waals surface area contributed by atoms with Gasteiger partial charge >= 0.3 is 0 Å². The van der Waals surface area contributed by atoms with Crippen LogP contribution in [0.3, 0.4) is 0 Å². The Labute approximate surface area is 278 Å². The van der Waals surface area contributed by atoms with Gasteiger partial charge in [0.15, 0.2) is 11.6 Å². The van der Waals surface area contributed by atoms with E-state index < -0.39 is 11.9 Å². The smallest absolute Gasteiger partial charge is 0.200 e. The average molecular weight is 649 g/mol. The van der Waals surface area contributed by atoms with E-state index in [9.17, 15) is 4.79 Å². The summed E-state index contributed by atoms with van der Waals surface area (Å²) >= 11 is 0. The van der Waals surface area contributed by atoms with Gasteiger partial charge in [-0.25, -0.2) is 4.39 Å². The molecule has 5 rings (SSSR count). The molecule has 10 heteroatoms. The third-order valence-electron chi connectivity index (χ3n) is 8.42. The molecule has 1 unspecified atom stereocenters. The second kappa shape index (κ2) is 17.3. The van der Waals surface area contributed by atoms with Crippen LogP contribution in [0, 0.1) is 5.82 Å². The van der Waals surface area contributed by atoms with Gasteiger partial charge in [-0.3, -0.25) is 9.69 Å². The van der Waals surface area contributed by atoms with Gasteiger partial charge in [-0.2, -0.15) is 0 Å². The van der Waals surface area contributed by atoms with Crippen molar-refractivity contribution in [1.82, 2.24) is 19.7 Å². The largest absolute Gasteiger partial charge is 0.482 e. The lowest BCUT2D eigenvalue weighted by molar-refractivity contribution is 0.0378. The van der Waals surface area contributed by atoms with Crippen molar-refractivity contribution in [3.05, 3.63) is 69.1 Å². The van der Waals surface area contributed by atoms with Crippen molar-refractivity contribution in [2.75, 3.05) is 77.6 Å². The predicted octanol–water partition coefficient (Wildman–Crippen LogP) is 3.83. The Kier molecular flexibility index (Phi) is 13.3. The van der Waals surface area contributed by atoms with Gasteiger partial charge in [0.25, 0.3) is 0 Å². The summed E-state index contributed by atoms with van der Waals surface area (Å²) in [7, 11) is 4.09. The molecule has 1 saturated heterocycles. The van der Waals surface area contributed by atoms with Crippen LogP contribution in [0.1, 0.15) is 45.6 Å². The number of halogens is 1. The van der Waals surface area contributed by atoms with Crippen LogP contribution in [-0.2, 0) is 11.3 Å². The summed E-state index contributed by atoms with van der Waals surface area (Å²) in [5.74, 6) is -0.397. The molecule has 2 aliphatic heterocycles. The minimum absolute atomic E-state index is 0.101. The highest BCUT2D eigenvalue weighted by Gasteiger charge is 2.26. The van der Waals surface area contributed by atoms with Crippen LogP contribution < -0.4 is 37.0 Å². The molecule has 0 radical (unpaired) electrons. The molecular weight excluding hydrogens is 595 g/mol. The average Bonchev–Trinajstić information content (AvgIpc) is 3.07. The Morgan fingerprint density at radius 1 is 1.11 bits per heavy atom. The van der Waals surface area contributed by atoms with Crippen molar-refractivity contribution < 1.29 is 13.9 Å². The topological polar surface area (TPSA) is 97.0 Å². The summed E-state index contributed by atoms with van der Waals surface area (Å²) in [6.45, 7) is 16.8. The van der Waals surface area contributed by atoms with Crippen LogP contribution in [0.25, 0.3) is 28.8 Å². The maximum Gasteiger partial charge on any atom is 0.200 e. The number of nitrogens with one attached hydrogen (secondary N) is 2. The van der Waals surface area contributed by atoms with Crippen LogP contribution in [0.4, 0.5) is 15.8 Å². The lowest BCUT2D eigenvalue weighted by Gasteiger charge is -2.27. The Morgan fingerprint density at radius 3 is 2.55 bits per heavy atom. The molecule has 0 bridgehead atoms. The molecule has 4 N–H and O–H groups in total. The Bertz CT molecular complexity index is 1700. The molecule has 0 saturated carbocycles. The molecule has 256 valence electrons. The van der Waals surface area contributed by atoms with Crippen molar-refractivity contribution in [1.29, 1.82) is 0 Å². The van der Waals surface area contributed by atoms with Crippen LogP contribution >= 0.6 is 0 Å². The fourth-order valence-electron chi connectivity index (χ4n) is 6.00. The van der Waals surface area contributed by atoms with Gasteiger partial charge in [-0.05, 0) is 69.9 Å². The van der Waals surface area contributed by atoms with E-state index >= 15 is 4.39 Å². The second-order valence-corrected chi connectivity index (χ2v) is 12.2. The van der Waals surface area contributed by atoms with Crippen molar-refractivity contribution in [2.24, 2.45) is 0 Å². The summed E-state index contributed by atoms with van der Waals surface area (Å²) in [5, 5.41) is 8.76. The maximum atomic E-state index is 16.3. The molecular formula is C37H53FN6O3. The molecule has 1 atom stereocenters. The van der Waals surface area contributed by atoms with Crippen molar-refractivity contribution >= 4 is 40.1 Å². The number of ether oxygens (including phenoxy) is 2. The first-order valence-corrected chi connectivity index (χ1v) is 17.0. The zero-order valence-corrected chi connectivity index (χ0v) is 28.8. The first kappa shape index (κ1) is 36.0. The van der Waals surface area contributed by atoms with Gasteiger partial charge in [0.1, 0.15) is 11.8 Å². The number of hydrogen-bond acceptors (Lipinski definition) is 8. The highest BCUT2D eigenvalue weighted by Crippen LogP contribution is 2.41. The number of morpholine rings is 1. The number of unbranched alkanes of at least 4 members (excludes halogenated alkanes) is 1. The van der Waals surface area contributed by atoms with Gasteiger partial charge in [-0.1, -0.05) is 50.8 Å². The zero-order valence-electron chi connectivity index (χ0n) is 28.8. The number of pyridine rings is 1. The number of hydrogen-bond donors (Lipinski definition) is 3. The Morgan fingerprint density at radius 2 is 1.83 bits per heavy atom. The van der Waals surface area contributed by atoms with Crippen molar-refractivity contribution in [3.8, 4) is 5.75 Å². The minimum atomic E-state index is -0.680. The SMILES string of the molecule is C=C(NCCCCN(C)C)c1cn2c3c(c(NCCCN4CCOCC4)c(F)c(N)c3c1=O)OC(C)/C=c1/cccc/c1=C/C2.CC. The number of anilines is 2. The van der Waals surface area contributed by atoms with Gasteiger partial charge < -0.3 is 35.3 Å². The van der Waals surface area contributed by atoms with E-state index in [1.54, 1.807) is 6.20 Å². The number of aromatic nitrogens is 1. The first-order chi connectivity index (χ1) is 22.7. The monoisotopic (exact) mass is 648 g/mol. The van der Waals surface area contributed by atoms with E-state index in [1.807, 2.05) is 63.7 Å². The summed E-state index contributed by atoms with van der Waals surface area (Å²) in [4.78, 5) is 18.5. The maximum absolute atomic E-state index is 16.3. The van der Waals surface area contributed by atoms with E-state index in [2.05, 4.69) is 39.2 Å². The van der Waals surface area contributed by atoms with Crippen molar-refractivity contribution in [2.45, 2.75) is 52.7 Å². The van der Waals surface area contributed by atoms with Gasteiger partial charge in [-0.15, -0.1) is 0 Å². The van der Waals surface area contributed by atoms with E-state index in [-0.39, 0.29) is 27.9 Å². The molecule has 3 aromatic rings. The lowest BCUT2D eigenvalue weighted by Crippen LogP contribution is -2.37. The molecule has 9 nitrogen and oxygen atoms in total. The molecule has 47 heavy (non-hydrogen) atoms. The predicted molar refractivity (Wildman–Crippen MR) is 194 cm³/mol. The standard InChI is InChI=1S/C35H47FN6O3.C2H6/c1-24-22-27-11-6-5-10-26(27)12-17-42-23-28(25(2)38-13-7-8-15-40(3)4)34(43)29-31(37)30(36)32(35(45-24)33(29)42)39-14-9-16-41-18-20-44-21-19-41;1-2/h5-6,10-12,22-24,38-39H,2,7-9,13-21,37H2,1,3-4H3;1-2H3/b26-12-,27-22-;. The van der Waals surface area contributed by atoms with Gasteiger partial charge in [0.05, 0.1) is 35.4 Å². The van der Waals surface area contributed by atoms with E-state index in [4.69, 9.17) is 15.2 Å².